The van der Waals surface area contributed by atoms with E-state index in [9.17, 15) is 9.59 Å². The number of nitrogens with one attached hydrogen (secondary N) is 1. The molecule has 1 N–H and O–H groups in total. The van der Waals surface area contributed by atoms with Gasteiger partial charge in [0.1, 0.15) is 12.1 Å². The molecule has 18 heavy (non-hydrogen) atoms. The fraction of sp³-hybridized carbons (Fsp3) is 0.429. The summed E-state index contributed by atoms with van der Waals surface area (Å²) in [5.74, 6) is -0.793. The fourth-order valence-electron chi connectivity index (χ4n) is 1.97. The Morgan fingerprint density at radius 3 is 2.44 bits per heavy atom. The van der Waals surface area contributed by atoms with Gasteiger partial charge in [0, 0.05) is 13.2 Å². The van der Waals surface area contributed by atoms with E-state index in [1.165, 1.54) is 5.56 Å². The van der Waals surface area contributed by atoms with Gasteiger partial charge in [-0.3, -0.25) is 9.59 Å². The van der Waals surface area contributed by atoms with Gasteiger partial charge in [0.25, 0.3) is 0 Å². The molecule has 0 heterocycles. The maximum atomic E-state index is 11.4. The van der Waals surface area contributed by atoms with E-state index < -0.39 is 17.9 Å². The summed E-state index contributed by atoms with van der Waals surface area (Å²) < 4.78 is 5.25. The molecule has 0 saturated heterocycles. The molecule has 96 valence electrons. The maximum Gasteiger partial charge on any atom is 0.230 e. The monoisotopic (exact) mass is 247 g/mol. The summed E-state index contributed by atoms with van der Waals surface area (Å²) >= 11 is 0. The van der Waals surface area contributed by atoms with E-state index in [1.807, 2.05) is 38.1 Å². The quantitative estimate of drug-likeness (QED) is 0.789. The minimum atomic E-state index is -0.604. The summed E-state index contributed by atoms with van der Waals surface area (Å²) in [5.41, 5.74) is 2.28. The van der Waals surface area contributed by atoms with Crippen LogP contribution in [-0.4, -0.2) is 30.3 Å². The molecular weight excluding hydrogens is 230 g/mol. The van der Waals surface area contributed by atoms with Gasteiger partial charge in [-0.25, -0.2) is 0 Å². The van der Waals surface area contributed by atoms with Gasteiger partial charge in [0.2, 0.25) is 11.6 Å². The molecule has 0 amide bonds. The van der Waals surface area contributed by atoms with Gasteiger partial charge in [0.15, 0.2) is 0 Å². The number of carbonyl (C=O) groups is 2. The van der Waals surface area contributed by atoms with Crippen LogP contribution in [0.3, 0.4) is 0 Å². The average molecular weight is 247 g/mol. The maximum absolute atomic E-state index is 11.4. The predicted molar refractivity (Wildman–Crippen MR) is 67.2 cm³/mol. The highest BCUT2D eigenvalue weighted by atomic mass is 16.5. The van der Waals surface area contributed by atoms with Crippen molar-refractivity contribution in [3.8, 4) is 0 Å². The fourth-order valence-corrected chi connectivity index (χ4v) is 1.97. The number of rotatable bonds is 5. The van der Waals surface area contributed by atoms with Crippen LogP contribution in [-0.2, 0) is 20.9 Å². The molecule has 1 fully saturated rings. The summed E-state index contributed by atoms with van der Waals surface area (Å²) in [7, 11) is 0. The van der Waals surface area contributed by atoms with Gasteiger partial charge in [-0.05, 0) is 19.4 Å². The predicted octanol–water partition coefficient (Wildman–Crippen LogP) is 1.01. The van der Waals surface area contributed by atoms with Crippen molar-refractivity contribution in [1.82, 2.24) is 5.32 Å². The summed E-state index contributed by atoms with van der Waals surface area (Å²) in [5, 5.41) is 3.07. The zero-order valence-electron chi connectivity index (χ0n) is 10.6. The second kappa shape index (κ2) is 5.42. The molecule has 0 aromatic heterocycles. The van der Waals surface area contributed by atoms with E-state index in [0.717, 1.165) is 5.56 Å². The van der Waals surface area contributed by atoms with Crippen molar-refractivity contribution >= 4 is 11.6 Å². The molecule has 0 radical (unpaired) electrons. The SMILES string of the molecule is CCOC1C(=O)C(=O)C1NCc1ccc(C)cc1. The molecule has 2 atom stereocenters. The highest BCUT2D eigenvalue weighted by Crippen LogP contribution is 2.16. The second-order valence-corrected chi connectivity index (χ2v) is 4.45. The Bertz CT molecular complexity index is 453. The van der Waals surface area contributed by atoms with E-state index in [1.54, 1.807) is 0 Å². The van der Waals surface area contributed by atoms with Crippen molar-refractivity contribution < 1.29 is 14.3 Å². The van der Waals surface area contributed by atoms with E-state index in [4.69, 9.17) is 4.74 Å². The van der Waals surface area contributed by atoms with Crippen LogP contribution >= 0.6 is 0 Å². The molecule has 0 bridgehead atoms. The molecular formula is C14H17NO3. The number of ether oxygens (including phenoxy) is 1. The van der Waals surface area contributed by atoms with Gasteiger partial charge < -0.3 is 10.1 Å². The number of Topliss-reactive ketones (excluding diaryl/α,β-unsaturated/α-hetero) is 2. The molecule has 1 saturated carbocycles. The lowest BCUT2D eigenvalue weighted by molar-refractivity contribution is -0.158. The largest absolute Gasteiger partial charge is 0.368 e. The third-order valence-electron chi connectivity index (χ3n) is 3.08. The highest BCUT2D eigenvalue weighted by Gasteiger charge is 2.49. The van der Waals surface area contributed by atoms with Crippen molar-refractivity contribution in [1.29, 1.82) is 0 Å². The van der Waals surface area contributed by atoms with Crippen LogP contribution in [0.5, 0.6) is 0 Å². The van der Waals surface area contributed by atoms with E-state index in [-0.39, 0.29) is 5.78 Å². The first-order chi connectivity index (χ1) is 8.63. The molecule has 2 rings (SSSR count). The van der Waals surface area contributed by atoms with Crippen LogP contribution in [0.1, 0.15) is 18.1 Å². The number of ketones is 2. The molecule has 1 aromatic rings. The third-order valence-corrected chi connectivity index (χ3v) is 3.08. The molecule has 2 unspecified atom stereocenters. The van der Waals surface area contributed by atoms with Gasteiger partial charge in [-0.15, -0.1) is 0 Å². The first kappa shape index (κ1) is 12.9. The van der Waals surface area contributed by atoms with Crippen molar-refractivity contribution in [3.05, 3.63) is 35.4 Å². The number of aryl methyl sites for hydroxylation is 1. The van der Waals surface area contributed by atoms with Crippen molar-refractivity contribution in [3.63, 3.8) is 0 Å². The molecule has 1 aliphatic rings. The Kier molecular flexibility index (Phi) is 3.89. The highest BCUT2D eigenvalue weighted by molar-refractivity contribution is 6.48. The number of carbonyl (C=O) groups excluding carboxylic acids is 2. The van der Waals surface area contributed by atoms with Crippen LogP contribution in [0.25, 0.3) is 0 Å². The topological polar surface area (TPSA) is 55.4 Å². The zero-order valence-corrected chi connectivity index (χ0v) is 10.6. The Balaban J connectivity index is 1.91. The van der Waals surface area contributed by atoms with Gasteiger partial charge >= 0.3 is 0 Å². The Morgan fingerprint density at radius 1 is 1.17 bits per heavy atom. The van der Waals surface area contributed by atoms with E-state index in [2.05, 4.69) is 5.32 Å². The van der Waals surface area contributed by atoms with Crippen LogP contribution < -0.4 is 5.32 Å². The standard InChI is InChI=1S/C14H17NO3/c1-3-18-14-11(12(16)13(14)17)15-8-10-6-4-9(2)5-7-10/h4-7,11,14-15H,3,8H2,1-2H3. The minimum Gasteiger partial charge on any atom is -0.368 e. The zero-order chi connectivity index (χ0) is 13.1. The molecule has 0 aliphatic heterocycles. The van der Waals surface area contributed by atoms with Crippen molar-refractivity contribution in [2.45, 2.75) is 32.5 Å². The molecule has 0 spiro atoms. The van der Waals surface area contributed by atoms with Crippen LogP contribution in [0.2, 0.25) is 0 Å². The Morgan fingerprint density at radius 2 is 1.83 bits per heavy atom. The van der Waals surface area contributed by atoms with Crippen molar-refractivity contribution in [2.75, 3.05) is 6.61 Å². The Labute approximate surface area is 106 Å². The number of hydrogen-bond acceptors (Lipinski definition) is 4. The molecule has 4 heteroatoms. The van der Waals surface area contributed by atoms with Crippen LogP contribution in [0.4, 0.5) is 0 Å². The lowest BCUT2D eigenvalue weighted by atomic mass is 9.85. The molecule has 4 nitrogen and oxygen atoms in total. The second-order valence-electron chi connectivity index (χ2n) is 4.45. The van der Waals surface area contributed by atoms with Crippen LogP contribution in [0.15, 0.2) is 24.3 Å². The van der Waals surface area contributed by atoms with Gasteiger partial charge in [0.05, 0.1) is 0 Å². The number of hydrogen-bond donors (Lipinski definition) is 1. The summed E-state index contributed by atoms with van der Waals surface area (Å²) in [6, 6.07) is 7.56. The number of benzene rings is 1. The average Bonchev–Trinajstić information content (AvgIpc) is 2.39. The third kappa shape index (κ3) is 2.49. The smallest absolute Gasteiger partial charge is 0.230 e. The first-order valence-corrected chi connectivity index (χ1v) is 6.12. The normalized spacial score (nSPS) is 23.0. The van der Waals surface area contributed by atoms with Gasteiger partial charge in [-0.1, -0.05) is 29.8 Å². The van der Waals surface area contributed by atoms with E-state index >= 15 is 0 Å². The van der Waals surface area contributed by atoms with Crippen LogP contribution in [0, 0.1) is 6.92 Å². The van der Waals surface area contributed by atoms with Crippen molar-refractivity contribution in [2.24, 2.45) is 0 Å². The molecule has 1 aromatic carbocycles. The van der Waals surface area contributed by atoms with Gasteiger partial charge in [-0.2, -0.15) is 0 Å². The Hall–Kier alpha value is -1.52. The first-order valence-electron chi connectivity index (χ1n) is 6.12. The lowest BCUT2D eigenvalue weighted by Crippen LogP contribution is -2.64. The summed E-state index contributed by atoms with van der Waals surface area (Å²) in [6.45, 7) is 4.84. The minimum absolute atomic E-state index is 0.374. The van der Waals surface area contributed by atoms with E-state index in [0.29, 0.717) is 13.2 Å². The molecule has 1 aliphatic carbocycles. The summed E-state index contributed by atoms with van der Waals surface area (Å²) in [6.07, 6.45) is -0.604. The summed E-state index contributed by atoms with van der Waals surface area (Å²) in [4.78, 5) is 22.7. The lowest BCUT2D eigenvalue weighted by Gasteiger charge is -2.33.